The Morgan fingerprint density at radius 2 is 2.08 bits per heavy atom. The van der Waals surface area contributed by atoms with E-state index in [9.17, 15) is 0 Å². The standard InChI is InChI=1S/C8H10N2.C2H6/c1-7(2)10-6-4-5-8(10)9-3;1-2/h4-6H,1,3H2,2H3;1-2H3. The topological polar surface area (TPSA) is 17.3 Å². The average molecular weight is 164 g/mol. The number of hydrogen-bond acceptors (Lipinski definition) is 1. The second-order valence-corrected chi connectivity index (χ2v) is 2.13. The van der Waals surface area contributed by atoms with Crippen LogP contribution in [0.2, 0.25) is 0 Å². The van der Waals surface area contributed by atoms with Gasteiger partial charge < -0.3 is 4.57 Å². The molecular formula is C10H16N2. The first-order chi connectivity index (χ1) is 5.75. The van der Waals surface area contributed by atoms with Crippen LogP contribution in [0.5, 0.6) is 0 Å². The fourth-order valence-corrected chi connectivity index (χ4v) is 0.824. The van der Waals surface area contributed by atoms with Crippen LogP contribution in [0.15, 0.2) is 29.9 Å². The summed E-state index contributed by atoms with van der Waals surface area (Å²) in [6.07, 6.45) is 1.91. The third-order valence-corrected chi connectivity index (χ3v) is 1.30. The van der Waals surface area contributed by atoms with E-state index in [1.165, 1.54) is 0 Å². The van der Waals surface area contributed by atoms with Crippen LogP contribution < -0.4 is 0 Å². The summed E-state index contributed by atoms with van der Waals surface area (Å²) in [6.45, 7) is 13.1. The molecule has 0 atom stereocenters. The number of allylic oxidation sites excluding steroid dienone is 1. The first-order valence-electron chi connectivity index (χ1n) is 4.05. The third kappa shape index (κ3) is 2.38. The van der Waals surface area contributed by atoms with Gasteiger partial charge in [-0.2, -0.15) is 0 Å². The minimum atomic E-state index is 0.840. The molecule has 1 rings (SSSR count). The number of rotatable bonds is 2. The molecule has 1 heterocycles. The molecule has 1 aromatic rings. The molecule has 12 heavy (non-hydrogen) atoms. The molecule has 66 valence electrons. The maximum Gasteiger partial charge on any atom is 0.136 e. The Bertz CT molecular complexity index is 259. The van der Waals surface area contributed by atoms with Crippen molar-refractivity contribution in [1.82, 2.24) is 4.57 Å². The highest BCUT2D eigenvalue weighted by molar-refractivity contribution is 5.51. The molecule has 0 radical (unpaired) electrons. The molecule has 2 heteroatoms. The van der Waals surface area contributed by atoms with Gasteiger partial charge in [0.15, 0.2) is 0 Å². The van der Waals surface area contributed by atoms with Crippen LogP contribution in [0.4, 0.5) is 5.82 Å². The van der Waals surface area contributed by atoms with Gasteiger partial charge in [0.25, 0.3) is 0 Å². The fourth-order valence-electron chi connectivity index (χ4n) is 0.824. The first kappa shape index (κ1) is 10.7. The normalized spacial score (nSPS) is 8.25. The van der Waals surface area contributed by atoms with Crippen LogP contribution in [-0.4, -0.2) is 11.3 Å². The summed E-state index contributed by atoms with van der Waals surface area (Å²) in [5, 5.41) is 0. The van der Waals surface area contributed by atoms with Crippen LogP contribution in [0.3, 0.4) is 0 Å². The molecule has 1 aromatic heterocycles. The van der Waals surface area contributed by atoms with Gasteiger partial charge in [0, 0.05) is 11.9 Å². The molecule has 0 N–H and O–H groups in total. The summed E-state index contributed by atoms with van der Waals surface area (Å²) in [7, 11) is 0. The summed E-state index contributed by atoms with van der Waals surface area (Å²) in [5.74, 6) is 0.840. The van der Waals surface area contributed by atoms with Gasteiger partial charge in [-0.1, -0.05) is 20.4 Å². The number of aromatic nitrogens is 1. The van der Waals surface area contributed by atoms with Crippen molar-refractivity contribution in [3.8, 4) is 0 Å². The lowest BCUT2D eigenvalue weighted by Crippen LogP contribution is -1.86. The van der Waals surface area contributed by atoms with Gasteiger partial charge in [0.2, 0.25) is 0 Å². The zero-order valence-corrected chi connectivity index (χ0v) is 8.04. The molecule has 0 saturated heterocycles. The van der Waals surface area contributed by atoms with Crippen molar-refractivity contribution in [2.45, 2.75) is 20.8 Å². The van der Waals surface area contributed by atoms with Crippen LogP contribution in [-0.2, 0) is 0 Å². The molecule has 0 aromatic carbocycles. The van der Waals surface area contributed by atoms with Gasteiger partial charge in [-0.05, 0) is 25.8 Å². The predicted octanol–water partition coefficient (Wildman–Crippen LogP) is 3.34. The lowest BCUT2D eigenvalue weighted by atomic mass is 10.5. The largest absolute Gasteiger partial charge is 0.307 e. The Hall–Kier alpha value is -1.31. The van der Waals surface area contributed by atoms with Gasteiger partial charge in [-0.15, -0.1) is 0 Å². The molecule has 0 bridgehead atoms. The van der Waals surface area contributed by atoms with Gasteiger partial charge in [-0.3, -0.25) is 0 Å². The highest BCUT2D eigenvalue weighted by atomic mass is 15.1. The molecule has 0 aliphatic carbocycles. The molecule has 0 unspecified atom stereocenters. The van der Waals surface area contributed by atoms with E-state index in [0.29, 0.717) is 0 Å². The van der Waals surface area contributed by atoms with Crippen molar-refractivity contribution in [3.63, 3.8) is 0 Å². The van der Waals surface area contributed by atoms with E-state index in [1.807, 2.05) is 43.7 Å². The quantitative estimate of drug-likeness (QED) is 0.596. The smallest absolute Gasteiger partial charge is 0.136 e. The molecular weight excluding hydrogens is 148 g/mol. The molecule has 0 amide bonds. The second-order valence-electron chi connectivity index (χ2n) is 2.13. The van der Waals surface area contributed by atoms with E-state index >= 15 is 0 Å². The Labute approximate surface area is 74.3 Å². The van der Waals surface area contributed by atoms with Crippen molar-refractivity contribution < 1.29 is 0 Å². The Morgan fingerprint density at radius 3 is 2.42 bits per heavy atom. The Balaban J connectivity index is 0.000000561. The molecule has 0 fully saturated rings. The van der Waals surface area contributed by atoms with Crippen molar-refractivity contribution in [2.24, 2.45) is 4.99 Å². The van der Waals surface area contributed by atoms with Crippen LogP contribution in [0.1, 0.15) is 20.8 Å². The second kappa shape index (κ2) is 5.35. The zero-order chi connectivity index (χ0) is 9.56. The Kier molecular flexibility index (Phi) is 4.77. The molecule has 0 spiro atoms. The predicted molar refractivity (Wildman–Crippen MR) is 56.0 cm³/mol. The minimum Gasteiger partial charge on any atom is -0.307 e. The minimum absolute atomic E-state index is 0.840. The average Bonchev–Trinajstić information content (AvgIpc) is 2.55. The van der Waals surface area contributed by atoms with E-state index in [0.717, 1.165) is 11.5 Å². The van der Waals surface area contributed by atoms with E-state index in [2.05, 4.69) is 18.3 Å². The van der Waals surface area contributed by atoms with E-state index in [-0.39, 0.29) is 0 Å². The van der Waals surface area contributed by atoms with Gasteiger partial charge in [0.05, 0.1) is 0 Å². The van der Waals surface area contributed by atoms with E-state index in [1.54, 1.807) is 0 Å². The van der Waals surface area contributed by atoms with Crippen molar-refractivity contribution in [1.29, 1.82) is 0 Å². The summed E-state index contributed by atoms with van der Waals surface area (Å²) >= 11 is 0. The number of nitrogens with zero attached hydrogens (tertiary/aromatic N) is 2. The fraction of sp³-hybridized carbons (Fsp3) is 0.300. The number of hydrogen-bond donors (Lipinski definition) is 0. The number of aliphatic imine (C=N–C) groups is 1. The van der Waals surface area contributed by atoms with Crippen LogP contribution >= 0.6 is 0 Å². The van der Waals surface area contributed by atoms with E-state index < -0.39 is 0 Å². The maximum atomic E-state index is 3.80. The lowest BCUT2D eigenvalue weighted by Gasteiger charge is -2.01. The summed E-state index contributed by atoms with van der Waals surface area (Å²) in [6, 6.07) is 3.81. The summed E-state index contributed by atoms with van der Waals surface area (Å²) in [4.78, 5) is 3.80. The first-order valence-corrected chi connectivity index (χ1v) is 4.05. The third-order valence-electron chi connectivity index (χ3n) is 1.30. The summed E-state index contributed by atoms with van der Waals surface area (Å²) < 4.78 is 1.88. The lowest BCUT2D eigenvalue weighted by molar-refractivity contribution is 1.09. The highest BCUT2D eigenvalue weighted by Crippen LogP contribution is 2.15. The van der Waals surface area contributed by atoms with Crippen molar-refractivity contribution >= 4 is 18.2 Å². The maximum absolute atomic E-state index is 3.80. The van der Waals surface area contributed by atoms with Gasteiger partial charge in [-0.25, -0.2) is 4.99 Å². The molecule has 0 saturated carbocycles. The van der Waals surface area contributed by atoms with Crippen LogP contribution in [0, 0.1) is 0 Å². The zero-order valence-electron chi connectivity index (χ0n) is 8.04. The summed E-state index contributed by atoms with van der Waals surface area (Å²) in [5.41, 5.74) is 0.951. The van der Waals surface area contributed by atoms with Gasteiger partial charge in [0.1, 0.15) is 5.82 Å². The molecule has 2 nitrogen and oxygen atoms in total. The highest BCUT2D eigenvalue weighted by Gasteiger charge is 1.95. The van der Waals surface area contributed by atoms with Crippen molar-refractivity contribution in [3.05, 3.63) is 24.9 Å². The Morgan fingerprint density at radius 1 is 1.50 bits per heavy atom. The molecule has 0 aliphatic heterocycles. The monoisotopic (exact) mass is 164 g/mol. The SMILES string of the molecule is C=Nc1cccn1C(=C)C.CC. The van der Waals surface area contributed by atoms with E-state index in [4.69, 9.17) is 0 Å². The van der Waals surface area contributed by atoms with Gasteiger partial charge >= 0.3 is 0 Å². The van der Waals surface area contributed by atoms with Crippen molar-refractivity contribution in [2.75, 3.05) is 0 Å². The van der Waals surface area contributed by atoms with Crippen LogP contribution in [0.25, 0.3) is 5.70 Å². The molecule has 0 aliphatic rings.